The molecule has 0 aromatic carbocycles. The second-order valence-corrected chi connectivity index (χ2v) is 4.41. The quantitative estimate of drug-likeness (QED) is 0.759. The Kier molecular flexibility index (Phi) is 2.86. The molecule has 0 aliphatic heterocycles. The fraction of sp³-hybridized carbons (Fsp3) is 0.154. The molecular formula is C13H12N6O. The van der Waals surface area contributed by atoms with Crippen molar-refractivity contribution in [3.63, 3.8) is 0 Å². The summed E-state index contributed by atoms with van der Waals surface area (Å²) in [7, 11) is 0. The number of amides is 1. The molecule has 0 aliphatic carbocycles. The molecule has 0 bridgehead atoms. The van der Waals surface area contributed by atoms with Gasteiger partial charge >= 0.3 is 0 Å². The van der Waals surface area contributed by atoms with Crippen molar-refractivity contribution in [2.75, 3.05) is 5.32 Å². The number of nitrogens with one attached hydrogen (secondary N) is 1. The molecule has 0 fully saturated rings. The lowest BCUT2D eigenvalue weighted by Crippen LogP contribution is -2.14. The summed E-state index contributed by atoms with van der Waals surface area (Å²) in [6.45, 7) is 3.79. The van der Waals surface area contributed by atoms with Crippen LogP contribution < -0.4 is 5.32 Å². The summed E-state index contributed by atoms with van der Waals surface area (Å²) < 4.78 is 1.53. The molecular weight excluding hydrogens is 256 g/mol. The largest absolute Gasteiger partial charge is 0.304 e. The highest BCUT2D eigenvalue weighted by molar-refractivity contribution is 6.01. The molecule has 20 heavy (non-hydrogen) atoms. The average molecular weight is 268 g/mol. The Morgan fingerprint density at radius 3 is 2.75 bits per heavy atom. The van der Waals surface area contributed by atoms with E-state index in [0.29, 0.717) is 11.6 Å². The minimum atomic E-state index is -0.411. The molecule has 0 atom stereocenters. The highest BCUT2D eigenvalue weighted by Gasteiger charge is 2.14. The van der Waals surface area contributed by atoms with Crippen LogP contribution in [0.3, 0.4) is 0 Å². The third-order valence-electron chi connectivity index (χ3n) is 2.79. The lowest BCUT2D eigenvalue weighted by molar-refractivity contribution is 0.101. The maximum absolute atomic E-state index is 12.1. The van der Waals surface area contributed by atoms with E-state index in [0.717, 1.165) is 11.3 Å². The number of rotatable bonds is 2. The normalized spacial score (nSPS) is 10.7. The van der Waals surface area contributed by atoms with Crippen LogP contribution in [0.15, 0.2) is 30.6 Å². The number of hydrogen-bond acceptors (Lipinski definition) is 5. The molecule has 7 nitrogen and oxygen atoms in total. The van der Waals surface area contributed by atoms with Crippen molar-refractivity contribution in [3.8, 4) is 0 Å². The van der Waals surface area contributed by atoms with Crippen molar-refractivity contribution in [2.45, 2.75) is 13.8 Å². The molecule has 3 aromatic rings. The summed E-state index contributed by atoms with van der Waals surface area (Å²) >= 11 is 0. The van der Waals surface area contributed by atoms with E-state index in [4.69, 9.17) is 0 Å². The van der Waals surface area contributed by atoms with Gasteiger partial charge in [0.25, 0.3) is 11.7 Å². The van der Waals surface area contributed by atoms with Crippen LogP contribution >= 0.6 is 0 Å². The number of carbonyl (C=O) groups excluding carboxylic acids is 1. The molecule has 7 heteroatoms. The molecule has 1 amide bonds. The van der Waals surface area contributed by atoms with E-state index in [-0.39, 0.29) is 5.82 Å². The Balaban J connectivity index is 1.89. The maximum Gasteiger partial charge on any atom is 0.296 e. The highest BCUT2D eigenvalue weighted by Crippen LogP contribution is 2.07. The van der Waals surface area contributed by atoms with Gasteiger partial charge in [0, 0.05) is 18.1 Å². The lowest BCUT2D eigenvalue weighted by atomic mass is 10.3. The monoisotopic (exact) mass is 268 g/mol. The molecule has 0 unspecified atom stereocenters. The maximum atomic E-state index is 12.1. The predicted octanol–water partition coefficient (Wildman–Crippen LogP) is 1.39. The van der Waals surface area contributed by atoms with E-state index in [9.17, 15) is 4.79 Å². The first kappa shape index (κ1) is 12.2. The van der Waals surface area contributed by atoms with E-state index in [1.807, 2.05) is 19.9 Å². The average Bonchev–Trinajstić information content (AvgIpc) is 2.87. The Hall–Kier alpha value is -2.83. The van der Waals surface area contributed by atoms with Crippen LogP contribution in [0, 0.1) is 13.8 Å². The molecule has 3 aromatic heterocycles. The Morgan fingerprint density at radius 2 is 2.05 bits per heavy atom. The summed E-state index contributed by atoms with van der Waals surface area (Å²) in [5.74, 6) is 0.511. The van der Waals surface area contributed by atoms with Crippen molar-refractivity contribution in [1.29, 1.82) is 0 Å². The van der Waals surface area contributed by atoms with E-state index in [1.165, 1.54) is 4.52 Å². The summed E-state index contributed by atoms with van der Waals surface area (Å²) in [5, 5.41) is 6.78. The SMILES string of the molecule is Cc1ccc(NC(=O)c2nc3nccc(C)n3n2)nc1. The number of aryl methyl sites for hydroxylation is 2. The van der Waals surface area contributed by atoms with Crippen LogP contribution in [-0.2, 0) is 0 Å². The van der Waals surface area contributed by atoms with Crippen molar-refractivity contribution in [2.24, 2.45) is 0 Å². The van der Waals surface area contributed by atoms with Gasteiger partial charge in [0.05, 0.1) is 0 Å². The van der Waals surface area contributed by atoms with E-state index in [2.05, 4.69) is 25.4 Å². The molecule has 3 heterocycles. The molecule has 1 N–H and O–H groups in total. The van der Waals surface area contributed by atoms with Gasteiger partial charge in [0.1, 0.15) is 5.82 Å². The number of hydrogen-bond donors (Lipinski definition) is 1. The molecule has 0 saturated carbocycles. The smallest absolute Gasteiger partial charge is 0.296 e. The van der Waals surface area contributed by atoms with Gasteiger partial charge in [-0.25, -0.2) is 14.5 Å². The molecule has 100 valence electrons. The molecule has 0 saturated heterocycles. The van der Waals surface area contributed by atoms with Crippen molar-refractivity contribution in [1.82, 2.24) is 24.6 Å². The highest BCUT2D eigenvalue weighted by atomic mass is 16.2. The van der Waals surface area contributed by atoms with Crippen molar-refractivity contribution < 1.29 is 4.79 Å². The zero-order valence-corrected chi connectivity index (χ0v) is 11.0. The number of fused-ring (bicyclic) bond motifs is 1. The number of aromatic nitrogens is 5. The van der Waals surface area contributed by atoms with Crippen molar-refractivity contribution >= 4 is 17.5 Å². The zero-order chi connectivity index (χ0) is 14.1. The second-order valence-electron chi connectivity index (χ2n) is 4.41. The van der Waals surface area contributed by atoms with Gasteiger partial charge in [-0.2, -0.15) is 4.98 Å². The summed E-state index contributed by atoms with van der Waals surface area (Å²) in [6, 6.07) is 5.39. The van der Waals surface area contributed by atoms with Gasteiger partial charge in [0.2, 0.25) is 5.82 Å². The minimum absolute atomic E-state index is 0.0641. The second kappa shape index (κ2) is 4.69. The molecule has 0 spiro atoms. The predicted molar refractivity (Wildman–Crippen MR) is 72.4 cm³/mol. The summed E-state index contributed by atoms with van der Waals surface area (Å²) in [4.78, 5) is 24.3. The van der Waals surface area contributed by atoms with Crippen LogP contribution in [-0.4, -0.2) is 30.5 Å². The van der Waals surface area contributed by atoms with Crippen LogP contribution in [0.4, 0.5) is 5.82 Å². The van der Waals surface area contributed by atoms with E-state index >= 15 is 0 Å². The summed E-state index contributed by atoms with van der Waals surface area (Å²) in [5.41, 5.74) is 1.88. The van der Waals surface area contributed by atoms with Gasteiger partial charge in [-0.15, -0.1) is 5.10 Å². The number of anilines is 1. The van der Waals surface area contributed by atoms with Gasteiger partial charge < -0.3 is 5.32 Å². The zero-order valence-electron chi connectivity index (χ0n) is 11.0. The molecule has 0 aliphatic rings. The first-order valence-corrected chi connectivity index (χ1v) is 6.06. The third-order valence-corrected chi connectivity index (χ3v) is 2.79. The topological polar surface area (TPSA) is 85.1 Å². The lowest BCUT2D eigenvalue weighted by Gasteiger charge is -2.01. The number of nitrogens with zero attached hydrogens (tertiary/aromatic N) is 5. The number of pyridine rings is 1. The molecule has 0 radical (unpaired) electrons. The fourth-order valence-electron chi connectivity index (χ4n) is 1.72. The van der Waals surface area contributed by atoms with Crippen LogP contribution in [0.2, 0.25) is 0 Å². The van der Waals surface area contributed by atoms with Gasteiger partial charge in [0.15, 0.2) is 0 Å². The van der Waals surface area contributed by atoms with Gasteiger partial charge in [-0.05, 0) is 31.5 Å². The van der Waals surface area contributed by atoms with Crippen molar-refractivity contribution in [3.05, 3.63) is 47.7 Å². The first-order valence-electron chi connectivity index (χ1n) is 6.06. The van der Waals surface area contributed by atoms with Crippen LogP contribution in [0.5, 0.6) is 0 Å². The minimum Gasteiger partial charge on any atom is -0.304 e. The Labute approximate surface area is 114 Å². The summed E-state index contributed by atoms with van der Waals surface area (Å²) in [6.07, 6.45) is 3.31. The van der Waals surface area contributed by atoms with Gasteiger partial charge in [-0.1, -0.05) is 6.07 Å². The number of carbonyl (C=O) groups is 1. The standard InChI is InChI=1S/C13H12N6O/c1-8-3-4-10(15-7-8)16-12(20)11-17-13-14-6-5-9(2)19(13)18-11/h3-7H,1-2H3,(H,15,16,20). The Morgan fingerprint density at radius 1 is 1.20 bits per heavy atom. The van der Waals surface area contributed by atoms with E-state index < -0.39 is 5.91 Å². The van der Waals surface area contributed by atoms with E-state index in [1.54, 1.807) is 24.5 Å². The van der Waals surface area contributed by atoms with Crippen LogP contribution in [0.25, 0.3) is 5.78 Å². The fourth-order valence-corrected chi connectivity index (χ4v) is 1.72. The third kappa shape index (κ3) is 2.20. The Bertz CT molecular complexity index is 777. The first-order chi connectivity index (χ1) is 9.63. The van der Waals surface area contributed by atoms with Crippen LogP contribution in [0.1, 0.15) is 21.9 Å². The molecule has 3 rings (SSSR count). The van der Waals surface area contributed by atoms with Gasteiger partial charge in [-0.3, -0.25) is 4.79 Å².